The highest BCUT2D eigenvalue weighted by molar-refractivity contribution is 5.90. The SMILES string of the molecule is C=C(CCC)C(C)C(=NC)C(C)CCCc1ccccc1. The molecule has 1 heteroatoms. The van der Waals surface area contributed by atoms with Gasteiger partial charge in [-0.05, 0) is 37.2 Å². The first-order chi connectivity index (χ1) is 10.1. The molecule has 0 spiro atoms. The Kier molecular flexibility index (Phi) is 8.04. The van der Waals surface area contributed by atoms with Gasteiger partial charge in [0.2, 0.25) is 0 Å². The Morgan fingerprint density at radius 3 is 2.43 bits per heavy atom. The molecule has 1 aromatic carbocycles. The van der Waals surface area contributed by atoms with Crippen LogP contribution in [0.2, 0.25) is 0 Å². The number of aryl methyl sites for hydroxylation is 1. The second-order valence-electron chi connectivity index (χ2n) is 6.06. The van der Waals surface area contributed by atoms with Gasteiger partial charge < -0.3 is 0 Å². The number of hydrogen-bond donors (Lipinski definition) is 0. The Balaban J connectivity index is 2.48. The maximum atomic E-state index is 4.57. The highest BCUT2D eigenvalue weighted by Gasteiger charge is 2.18. The molecule has 0 bridgehead atoms. The van der Waals surface area contributed by atoms with Gasteiger partial charge in [0.1, 0.15) is 0 Å². The smallest absolute Gasteiger partial charge is 0.0276 e. The van der Waals surface area contributed by atoms with Gasteiger partial charge in [0.15, 0.2) is 0 Å². The monoisotopic (exact) mass is 285 g/mol. The van der Waals surface area contributed by atoms with E-state index in [0.29, 0.717) is 11.8 Å². The summed E-state index contributed by atoms with van der Waals surface area (Å²) >= 11 is 0. The van der Waals surface area contributed by atoms with Gasteiger partial charge in [-0.15, -0.1) is 0 Å². The predicted molar refractivity (Wildman–Crippen MR) is 95.1 cm³/mol. The molecule has 0 N–H and O–H groups in total. The van der Waals surface area contributed by atoms with Crippen LogP contribution >= 0.6 is 0 Å². The number of aliphatic imine (C=N–C) groups is 1. The molecule has 0 saturated heterocycles. The topological polar surface area (TPSA) is 12.4 Å². The van der Waals surface area contributed by atoms with Crippen LogP contribution in [0.4, 0.5) is 0 Å². The van der Waals surface area contributed by atoms with Crippen LogP contribution in [0.25, 0.3) is 0 Å². The van der Waals surface area contributed by atoms with Crippen molar-refractivity contribution in [1.29, 1.82) is 0 Å². The molecule has 2 atom stereocenters. The van der Waals surface area contributed by atoms with E-state index < -0.39 is 0 Å². The molecule has 0 aliphatic heterocycles. The van der Waals surface area contributed by atoms with Gasteiger partial charge in [-0.1, -0.05) is 69.7 Å². The fourth-order valence-corrected chi connectivity index (χ4v) is 2.99. The van der Waals surface area contributed by atoms with Crippen LogP contribution < -0.4 is 0 Å². The zero-order valence-corrected chi connectivity index (χ0v) is 14.2. The van der Waals surface area contributed by atoms with E-state index in [1.807, 2.05) is 7.05 Å². The maximum Gasteiger partial charge on any atom is 0.0276 e. The Hall–Kier alpha value is -1.37. The molecule has 0 radical (unpaired) electrons. The van der Waals surface area contributed by atoms with E-state index in [-0.39, 0.29) is 0 Å². The Morgan fingerprint density at radius 1 is 1.19 bits per heavy atom. The van der Waals surface area contributed by atoms with Crippen LogP contribution in [0.5, 0.6) is 0 Å². The molecule has 0 aromatic heterocycles. The van der Waals surface area contributed by atoms with Crippen LogP contribution in [-0.2, 0) is 6.42 Å². The van der Waals surface area contributed by atoms with Crippen molar-refractivity contribution in [3.63, 3.8) is 0 Å². The minimum Gasteiger partial charge on any atom is -0.297 e. The van der Waals surface area contributed by atoms with Crippen molar-refractivity contribution >= 4 is 5.71 Å². The van der Waals surface area contributed by atoms with Crippen LogP contribution in [0.1, 0.15) is 52.0 Å². The van der Waals surface area contributed by atoms with E-state index in [9.17, 15) is 0 Å². The minimum atomic E-state index is 0.418. The summed E-state index contributed by atoms with van der Waals surface area (Å²) in [7, 11) is 1.93. The fraction of sp³-hybridized carbons (Fsp3) is 0.550. The molecular formula is C20H31N. The molecular weight excluding hydrogens is 254 g/mol. The molecule has 0 aliphatic carbocycles. The normalized spacial score (nSPS) is 14.8. The van der Waals surface area contributed by atoms with Gasteiger partial charge in [-0.2, -0.15) is 0 Å². The summed E-state index contributed by atoms with van der Waals surface area (Å²) < 4.78 is 0. The molecule has 2 unspecified atom stereocenters. The van der Waals surface area contributed by atoms with Gasteiger partial charge in [0, 0.05) is 18.7 Å². The van der Waals surface area contributed by atoms with Crippen LogP contribution in [-0.4, -0.2) is 12.8 Å². The summed E-state index contributed by atoms with van der Waals surface area (Å²) in [6.07, 6.45) is 5.86. The number of nitrogens with zero attached hydrogens (tertiary/aromatic N) is 1. The van der Waals surface area contributed by atoms with E-state index in [4.69, 9.17) is 0 Å². The Morgan fingerprint density at radius 2 is 1.86 bits per heavy atom. The third-order valence-electron chi connectivity index (χ3n) is 4.34. The van der Waals surface area contributed by atoms with Crippen LogP contribution in [0.15, 0.2) is 47.5 Å². The molecule has 1 nitrogen and oxygen atoms in total. The molecule has 0 heterocycles. The molecule has 116 valence electrons. The van der Waals surface area contributed by atoms with Crippen LogP contribution in [0.3, 0.4) is 0 Å². The lowest BCUT2D eigenvalue weighted by Crippen LogP contribution is -2.21. The molecule has 1 rings (SSSR count). The largest absolute Gasteiger partial charge is 0.297 e. The van der Waals surface area contributed by atoms with Crippen molar-refractivity contribution in [2.75, 3.05) is 7.05 Å². The summed E-state index contributed by atoms with van der Waals surface area (Å²) in [6, 6.07) is 10.7. The summed E-state index contributed by atoms with van der Waals surface area (Å²) in [4.78, 5) is 4.57. The second kappa shape index (κ2) is 9.55. The Labute approximate surface area is 131 Å². The van der Waals surface area contributed by atoms with E-state index in [1.165, 1.54) is 36.1 Å². The maximum absolute atomic E-state index is 4.57. The molecule has 1 aromatic rings. The highest BCUT2D eigenvalue weighted by Crippen LogP contribution is 2.23. The quantitative estimate of drug-likeness (QED) is 0.407. The third kappa shape index (κ3) is 5.87. The number of allylic oxidation sites excluding steroid dienone is 1. The van der Waals surface area contributed by atoms with Crippen molar-refractivity contribution in [2.45, 2.75) is 52.9 Å². The second-order valence-corrected chi connectivity index (χ2v) is 6.06. The van der Waals surface area contributed by atoms with E-state index in [2.05, 4.69) is 62.7 Å². The van der Waals surface area contributed by atoms with Crippen molar-refractivity contribution in [3.05, 3.63) is 48.0 Å². The molecule has 0 fully saturated rings. The van der Waals surface area contributed by atoms with Crippen molar-refractivity contribution < 1.29 is 0 Å². The fourth-order valence-electron chi connectivity index (χ4n) is 2.99. The lowest BCUT2D eigenvalue weighted by molar-refractivity contribution is 0.607. The molecule has 0 amide bonds. The summed E-state index contributed by atoms with van der Waals surface area (Å²) in [5, 5.41) is 0. The van der Waals surface area contributed by atoms with Gasteiger partial charge in [0.05, 0.1) is 0 Å². The molecule has 21 heavy (non-hydrogen) atoms. The van der Waals surface area contributed by atoms with Gasteiger partial charge >= 0.3 is 0 Å². The number of hydrogen-bond acceptors (Lipinski definition) is 1. The van der Waals surface area contributed by atoms with E-state index in [0.717, 1.165) is 12.8 Å². The van der Waals surface area contributed by atoms with Gasteiger partial charge in [-0.25, -0.2) is 0 Å². The zero-order chi connectivity index (χ0) is 15.7. The summed E-state index contributed by atoms with van der Waals surface area (Å²) in [6.45, 7) is 11.0. The Bertz CT molecular complexity index is 444. The van der Waals surface area contributed by atoms with E-state index in [1.54, 1.807) is 0 Å². The van der Waals surface area contributed by atoms with Crippen molar-refractivity contribution in [3.8, 4) is 0 Å². The number of rotatable bonds is 9. The lowest BCUT2D eigenvalue weighted by atomic mass is 9.85. The van der Waals surface area contributed by atoms with Crippen LogP contribution in [0, 0.1) is 11.8 Å². The standard InChI is InChI=1S/C20H31N/c1-6-11-16(2)18(4)20(21-5)17(3)12-10-15-19-13-8-7-9-14-19/h7-9,13-14,17-18H,2,6,10-12,15H2,1,3-5H3. The summed E-state index contributed by atoms with van der Waals surface area (Å²) in [5.41, 5.74) is 4.08. The van der Waals surface area contributed by atoms with Crippen molar-refractivity contribution in [1.82, 2.24) is 0 Å². The number of benzene rings is 1. The molecule has 0 saturated carbocycles. The lowest BCUT2D eigenvalue weighted by Gasteiger charge is -2.22. The highest BCUT2D eigenvalue weighted by atomic mass is 14.7. The zero-order valence-electron chi connectivity index (χ0n) is 14.2. The van der Waals surface area contributed by atoms with E-state index >= 15 is 0 Å². The minimum absolute atomic E-state index is 0.418. The third-order valence-corrected chi connectivity index (χ3v) is 4.34. The first-order valence-corrected chi connectivity index (χ1v) is 8.28. The first-order valence-electron chi connectivity index (χ1n) is 8.28. The average Bonchev–Trinajstić information content (AvgIpc) is 2.49. The first kappa shape index (κ1) is 17.7. The predicted octanol–water partition coefficient (Wildman–Crippen LogP) is 5.71. The van der Waals surface area contributed by atoms with Crippen molar-refractivity contribution in [2.24, 2.45) is 16.8 Å². The summed E-state index contributed by atoms with van der Waals surface area (Å²) in [5.74, 6) is 0.962. The van der Waals surface area contributed by atoms with Gasteiger partial charge in [-0.3, -0.25) is 4.99 Å². The average molecular weight is 285 g/mol. The van der Waals surface area contributed by atoms with Gasteiger partial charge in [0.25, 0.3) is 0 Å². The molecule has 0 aliphatic rings.